The fourth-order valence-corrected chi connectivity index (χ4v) is 2.57. The molecule has 0 unspecified atom stereocenters. The molecule has 0 saturated carbocycles. The zero-order valence-electron chi connectivity index (χ0n) is 12.0. The lowest BCUT2D eigenvalue weighted by Crippen LogP contribution is -2.17. The second-order valence-electron chi connectivity index (χ2n) is 5.40. The van der Waals surface area contributed by atoms with Crippen LogP contribution in [0.1, 0.15) is 24.1 Å². The van der Waals surface area contributed by atoms with Crippen LogP contribution in [0.4, 0.5) is 11.4 Å². The minimum Gasteiger partial charge on any atom is -0.381 e. The molecule has 3 nitrogen and oxygen atoms in total. The van der Waals surface area contributed by atoms with E-state index in [1.54, 1.807) is 0 Å². The van der Waals surface area contributed by atoms with E-state index in [0.717, 1.165) is 17.9 Å². The maximum atomic E-state index is 4.31. The quantitative estimate of drug-likeness (QED) is 0.917. The number of hydrogen-bond donors (Lipinski definition) is 1. The first-order chi connectivity index (χ1) is 9.81. The summed E-state index contributed by atoms with van der Waals surface area (Å²) < 4.78 is 0. The van der Waals surface area contributed by atoms with Gasteiger partial charge in [-0.05, 0) is 55.7 Å². The average molecular weight is 267 g/mol. The molecule has 2 aromatic rings. The van der Waals surface area contributed by atoms with Crippen LogP contribution in [0.15, 0.2) is 42.6 Å². The number of aryl methyl sites for hydroxylation is 1. The average Bonchev–Trinajstić information content (AvgIpc) is 3.01. The van der Waals surface area contributed by atoms with Crippen molar-refractivity contribution in [1.29, 1.82) is 0 Å². The highest BCUT2D eigenvalue weighted by Gasteiger charge is 2.11. The van der Waals surface area contributed by atoms with Crippen LogP contribution in [-0.4, -0.2) is 18.1 Å². The van der Waals surface area contributed by atoms with Crippen molar-refractivity contribution in [1.82, 2.24) is 4.98 Å². The molecule has 0 radical (unpaired) electrons. The summed E-state index contributed by atoms with van der Waals surface area (Å²) in [6, 6.07) is 12.9. The fourth-order valence-electron chi connectivity index (χ4n) is 2.57. The van der Waals surface area contributed by atoms with Crippen LogP contribution < -0.4 is 10.2 Å². The molecule has 0 spiro atoms. The van der Waals surface area contributed by atoms with E-state index in [1.807, 2.05) is 19.2 Å². The van der Waals surface area contributed by atoms with E-state index in [-0.39, 0.29) is 0 Å². The summed E-state index contributed by atoms with van der Waals surface area (Å²) in [6.07, 6.45) is 4.57. The number of nitrogens with zero attached hydrogens (tertiary/aromatic N) is 2. The third-order valence-corrected chi connectivity index (χ3v) is 3.81. The van der Waals surface area contributed by atoms with Crippen LogP contribution in [-0.2, 0) is 6.54 Å². The van der Waals surface area contributed by atoms with E-state index in [2.05, 4.69) is 45.5 Å². The van der Waals surface area contributed by atoms with Gasteiger partial charge in [0.1, 0.15) is 0 Å². The summed E-state index contributed by atoms with van der Waals surface area (Å²) in [5, 5.41) is 3.44. The second-order valence-corrected chi connectivity index (χ2v) is 5.40. The zero-order valence-corrected chi connectivity index (χ0v) is 12.0. The van der Waals surface area contributed by atoms with Crippen molar-refractivity contribution in [3.8, 4) is 0 Å². The van der Waals surface area contributed by atoms with Crippen LogP contribution in [0.3, 0.4) is 0 Å². The zero-order chi connectivity index (χ0) is 13.8. The molecule has 1 aromatic carbocycles. The Morgan fingerprint density at radius 3 is 2.45 bits per heavy atom. The molecule has 20 heavy (non-hydrogen) atoms. The van der Waals surface area contributed by atoms with Crippen molar-refractivity contribution in [2.45, 2.75) is 26.3 Å². The third kappa shape index (κ3) is 3.10. The monoisotopic (exact) mass is 267 g/mol. The SMILES string of the molecule is Cc1ccc(CNc2ccc(N3CCCC3)cc2)cn1. The second kappa shape index (κ2) is 5.95. The van der Waals surface area contributed by atoms with Gasteiger partial charge in [-0.2, -0.15) is 0 Å². The van der Waals surface area contributed by atoms with Gasteiger partial charge in [-0.25, -0.2) is 0 Å². The fraction of sp³-hybridized carbons (Fsp3) is 0.353. The smallest absolute Gasteiger partial charge is 0.0416 e. The van der Waals surface area contributed by atoms with Gasteiger partial charge >= 0.3 is 0 Å². The molecule has 104 valence electrons. The van der Waals surface area contributed by atoms with Gasteiger partial charge in [-0.15, -0.1) is 0 Å². The van der Waals surface area contributed by atoms with E-state index < -0.39 is 0 Å². The number of pyridine rings is 1. The van der Waals surface area contributed by atoms with Gasteiger partial charge in [0.2, 0.25) is 0 Å². The van der Waals surface area contributed by atoms with Gasteiger partial charge in [0.25, 0.3) is 0 Å². The number of rotatable bonds is 4. The Kier molecular flexibility index (Phi) is 3.86. The number of nitrogens with one attached hydrogen (secondary N) is 1. The molecule has 0 bridgehead atoms. The first kappa shape index (κ1) is 13.0. The summed E-state index contributed by atoms with van der Waals surface area (Å²) in [6.45, 7) is 5.22. The molecule has 1 aromatic heterocycles. The maximum Gasteiger partial charge on any atom is 0.0416 e. The molecule has 3 rings (SSSR count). The molecule has 0 atom stereocenters. The highest BCUT2D eigenvalue weighted by Crippen LogP contribution is 2.22. The van der Waals surface area contributed by atoms with Crippen LogP contribution in [0.25, 0.3) is 0 Å². The van der Waals surface area contributed by atoms with E-state index in [9.17, 15) is 0 Å². The Bertz CT molecular complexity index is 539. The standard InChI is InChI=1S/C17H21N3/c1-14-4-5-15(12-18-14)13-19-16-6-8-17(9-7-16)20-10-2-3-11-20/h4-9,12,19H,2-3,10-11,13H2,1H3. The number of benzene rings is 1. The summed E-state index contributed by atoms with van der Waals surface area (Å²) >= 11 is 0. The van der Waals surface area contributed by atoms with Crippen LogP contribution in [0.2, 0.25) is 0 Å². The van der Waals surface area contributed by atoms with Crippen molar-refractivity contribution < 1.29 is 0 Å². The molecule has 0 amide bonds. The lowest BCUT2D eigenvalue weighted by molar-refractivity contribution is 0.949. The molecule has 1 fully saturated rings. The molecule has 1 aliphatic heterocycles. The van der Waals surface area contributed by atoms with E-state index in [1.165, 1.54) is 37.2 Å². The van der Waals surface area contributed by atoms with E-state index in [4.69, 9.17) is 0 Å². The predicted octanol–water partition coefficient (Wildman–Crippen LogP) is 3.60. The normalized spacial score (nSPS) is 14.6. The molecule has 3 heteroatoms. The van der Waals surface area contributed by atoms with Gasteiger partial charge < -0.3 is 10.2 Å². The molecule has 1 N–H and O–H groups in total. The lowest BCUT2D eigenvalue weighted by atomic mass is 10.2. The Morgan fingerprint density at radius 1 is 1.05 bits per heavy atom. The number of hydrogen-bond acceptors (Lipinski definition) is 3. The topological polar surface area (TPSA) is 28.2 Å². The number of aromatic nitrogens is 1. The van der Waals surface area contributed by atoms with Crippen molar-refractivity contribution in [3.63, 3.8) is 0 Å². The first-order valence-electron chi connectivity index (χ1n) is 7.32. The molecule has 1 saturated heterocycles. The van der Waals surface area contributed by atoms with Gasteiger partial charge in [0.15, 0.2) is 0 Å². The van der Waals surface area contributed by atoms with Gasteiger partial charge in [0, 0.05) is 42.9 Å². The van der Waals surface area contributed by atoms with Crippen LogP contribution >= 0.6 is 0 Å². The minimum atomic E-state index is 0.816. The minimum absolute atomic E-state index is 0.816. The Labute approximate surface area is 120 Å². The lowest BCUT2D eigenvalue weighted by Gasteiger charge is -2.18. The van der Waals surface area contributed by atoms with Gasteiger partial charge in [-0.3, -0.25) is 4.98 Å². The van der Waals surface area contributed by atoms with Crippen molar-refractivity contribution >= 4 is 11.4 Å². The van der Waals surface area contributed by atoms with Gasteiger partial charge in [-0.1, -0.05) is 6.07 Å². The largest absolute Gasteiger partial charge is 0.381 e. The highest BCUT2D eigenvalue weighted by molar-refractivity contribution is 5.55. The molecular weight excluding hydrogens is 246 g/mol. The molecule has 1 aliphatic rings. The Hall–Kier alpha value is -2.03. The first-order valence-corrected chi connectivity index (χ1v) is 7.32. The Morgan fingerprint density at radius 2 is 1.80 bits per heavy atom. The molecule has 2 heterocycles. The van der Waals surface area contributed by atoms with Crippen LogP contribution in [0, 0.1) is 6.92 Å². The number of anilines is 2. The molecular formula is C17H21N3. The van der Waals surface area contributed by atoms with E-state index >= 15 is 0 Å². The predicted molar refractivity (Wildman–Crippen MR) is 84.2 cm³/mol. The summed E-state index contributed by atoms with van der Waals surface area (Å²) in [5.41, 5.74) is 4.77. The van der Waals surface area contributed by atoms with Crippen molar-refractivity contribution in [2.75, 3.05) is 23.3 Å². The van der Waals surface area contributed by atoms with Crippen LogP contribution in [0.5, 0.6) is 0 Å². The van der Waals surface area contributed by atoms with Crippen molar-refractivity contribution in [3.05, 3.63) is 53.9 Å². The Balaban J connectivity index is 1.59. The summed E-state index contributed by atoms with van der Waals surface area (Å²) in [5.74, 6) is 0. The summed E-state index contributed by atoms with van der Waals surface area (Å²) in [7, 11) is 0. The molecule has 0 aliphatic carbocycles. The van der Waals surface area contributed by atoms with Crippen molar-refractivity contribution in [2.24, 2.45) is 0 Å². The maximum absolute atomic E-state index is 4.31. The summed E-state index contributed by atoms with van der Waals surface area (Å²) in [4.78, 5) is 6.76. The van der Waals surface area contributed by atoms with E-state index in [0.29, 0.717) is 0 Å². The van der Waals surface area contributed by atoms with Gasteiger partial charge in [0.05, 0.1) is 0 Å². The highest BCUT2D eigenvalue weighted by atomic mass is 15.1. The third-order valence-electron chi connectivity index (χ3n) is 3.81.